The maximum Gasteiger partial charge on any atom is 0.401 e. The monoisotopic (exact) mass is 306 g/mol. The molecule has 7 heteroatoms. The smallest absolute Gasteiger partial charge is 0.401 e. The molecule has 0 aliphatic carbocycles. The molecule has 1 aliphatic heterocycles. The van der Waals surface area contributed by atoms with Gasteiger partial charge >= 0.3 is 6.18 Å². The first-order valence-electron chi connectivity index (χ1n) is 6.98. The number of furan rings is 1. The van der Waals surface area contributed by atoms with Gasteiger partial charge in [0, 0.05) is 26.2 Å². The molecule has 1 aliphatic rings. The third-order valence-corrected chi connectivity index (χ3v) is 3.55. The van der Waals surface area contributed by atoms with E-state index in [0.29, 0.717) is 26.1 Å². The van der Waals surface area contributed by atoms with E-state index in [-0.39, 0.29) is 12.1 Å². The van der Waals surface area contributed by atoms with Crippen molar-refractivity contribution in [3.05, 3.63) is 23.7 Å². The van der Waals surface area contributed by atoms with E-state index in [1.165, 1.54) is 4.90 Å². The molecule has 0 spiro atoms. The molecule has 4 nitrogen and oxygen atoms in total. The molecule has 2 atom stereocenters. The Labute approximate surface area is 122 Å². The molecule has 2 heterocycles. The second-order valence-electron chi connectivity index (χ2n) is 5.46. The van der Waals surface area contributed by atoms with Gasteiger partial charge in [-0.2, -0.15) is 13.2 Å². The molecule has 0 aromatic carbocycles. The first-order valence-corrected chi connectivity index (χ1v) is 6.98. The Hall–Kier alpha value is -1.05. The second kappa shape index (κ2) is 6.81. The van der Waals surface area contributed by atoms with Gasteiger partial charge in [-0.15, -0.1) is 0 Å². The number of nitrogens with zero attached hydrogens (tertiary/aromatic N) is 1. The number of hydrogen-bond donors (Lipinski definition) is 1. The summed E-state index contributed by atoms with van der Waals surface area (Å²) in [6.45, 7) is 2.27. The fraction of sp³-hybridized carbons (Fsp3) is 0.714. The third-order valence-electron chi connectivity index (χ3n) is 3.55. The molecule has 1 saturated heterocycles. The van der Waals surface area contributed by atoms with E-state index in [1.807, 2.05) is 19.1 Å². The molecule has 1 aromatic rings. The number of halogens is 3. The topological polar surface area (TPSA) is 37.6 Å². The molecule has 2 rings (SSSR count). The van der Waals surface area contributed by atoms with Crippen LogP contribution in [0.5, 0.6) is 0 Å². The van der Waals surface area contributed by atoms with E-state index in [9.17, 15) is 13.2 Å². The van der Waals surface area contributed by atoms with Gasteiger partial charge < -0.3 is 14.5 Å². The van der Waals surface area contributed by atoms with Crippen molar-refractivity contribution in [3.8, 4) is 0 Å². The predicted octanol–water partition coefficient (Wildman–Crippen LogP) is 2.50. The minimum atomic E-state index is -4.14. The van der Waals surface area contributed by atoms with Crippen LogP contribution in [0.25, 0.3) is 0 Å². The van der Waals surface area contributed by atoms with Crippen molar-refractivity contribution in [1.29, 1.82) is 0 Å². The molecule has 1 aromatic heterocycles. The molecule has 1 N–H and O–H groups in total. The molecule has 0 saturated carbocycles. The Bertz CT molecular complexity index is 448. The van der Waals surface area contributed by atoms with Crippen LogP contribution >= 0.6 is 0 Å². The summed E-state index contributed by atoms with van der Waals surface area (Å²) < 4.78 is 47.9. The molecular weight excluding hydrogens is 285 g/mol. The van der Waals surface area contributed by atoms with Crippen molar-refractivity contribution in [2.45, 2.75) is 31.6 Å². The Morgan fingerprint density at radius 3 is 2.81 bits per heavy atom. The van der Waals surface area contributed by atoms with E-state index >= 15 is 0 Å². The summed E-state index contributed by atoms with van der Waals surface area (Å²) in [5, 5.41) is 3.33. The van der Waals surface area contributed by atoms with E-state index in [4.69, 9.17) is 9.15 Å². The highest BCUT2D eigenvalue weighted by atomic mass is 19.4. The molecule has 1 fully saturated rings. The average molecular weight is 306 g/mol. The van der Waals surface area contributed by atoms with Crippen LogP contribution in [0.2, 0.25) is 0 Å². The van der Waals surface area contributed by atoms with Gasteiger partial charge in [-0.25, -0.2) is 0 Å². The number of nitrogens with one attached hydrogen (secondary N) is 1. The number of ether oxygens (including phenoxy) is 1. The molecule has 0 bridgehead atoms. The van der Waals surface area contributed by atoms with Crippen molar-refractivity contribution in [1.82, 2.24) is 10.2 Å². The van der Waals surface area contributed by atoms with Crippen LogP contribution in [0.4, 0.5) is 13.2 Å². The molecular formula is C14H21F3N2O2. The van der Waals surface area contributed by atoms with Crippen molar-refractivity contribution in [2.24, 2.45) is 0 Å². The van der Waals surface area contributed by atoms with Crippen LogP contribution in [0.3, 0.4) is 0 Å². The van der Waals surface area contributed by atoms with Crippen LogP contribution in [-0.4, -0.2) is 50.5 Å². The Morgan fingerprint density at radius 2 is 2.24 bits per heavy atom. The highest BCUT2D eigenvalue weighted by molar-refractivity contribution is 5.10. The lowest BCUT2D eigenvalue weighted by Crippen LogP contribution is -2.39. The number of alkyl halides is 3. The maximum atomic E-state index is 12.4. The highest BCUT2D eigenvalue weighted by Gasteiger charge is 2.35. The van der Waals surface area contributed by atoms with E-state index in [1.54, 1.807) is 7.11 Å². The molecule has 120 valence electrons. The first-order chi connectivity index (χ1) is 9.87. The quantitative estimate of drug-likeness (QED) is 0.876. The number of methoxy groups -OCH3 is 1. The lowest BCUT2D eigenvalue weighted by atomic mass is 10.2. The van der Waals surface area contributed by atoms with Crippen molar-refractivity contribution in [3.63, 3.8) is 0 Å². The number of hydrogen-bond acceptors (Lipinski definition) is 4. The lowest BCUT2D eigenvalue weighted by Gasteiger charge is -2.22. The van der Waals surface area contributed by atoms with E-state index < -0.39 is 12.7 Å². The van der Waals surface area contributed by atoms with Crippen LogP contribution in [0.1, 0.15) is 24.0 Å². The summed E-state index contributed by atoms with van der Waals surface area (Å²) in [4.78, 5) is 1.43. The van der Waals surface area contributed by atoms with Gasteiger partial charge in [0.15, 0.2) is 0 Å². The highest BCUT2D eigenvalue weighted by Crippen LogP contribution is 2.22. The second-order valence-corrected chi connectivity index (χ2v) is 5.46. The minimum absolute atomic E-state index is 0.0120. The van der Waals surface area contributed by atoms with E-state index in [0.717, 1.165) is 11.5 Å². The summed E-state index contributed by atoms with van der Waals surface area (Å²) in [7, 11) is 1.59. The Morgan fingerprint density at radius 1 is 1.48 bits per heavy atom. The summed E-state index contributed by atoms with van der Waals surface area (Å²) in [5.41, 5.74) is 0. The van der Waals surface area contributed by atoms with E-state index in [2.05, 4.69) is 5.32 Å². The lowest BCUT2D eigenvalue weighted by molar-refractivity contribution is -0.143. The fourth-order valence-corrected chi connectivity index (χ4v) is 2.67. The Kier molecular flexibility index (Phi) is 5.29. The van der Waals surface area contributed by atoms with Gasteiger partial charge in [0.05, 0.1) is 19.2 Å². The van der Waals surface area contributed by atoms with Gasteiger partial charge in [0.25, 0.3) is 0 Å². The number of rotatable bonds is 6. The minimum Gasteiger partial charge on any atom is -0.465 e. The van der Waals surface area contributed by atoms with Gasteiger partial charge in [-0.3, -0.25) is 4.90 Å². The maximum absolute atomic E-state index is 12.4. The molecule has 0 amide bonds. The summed E-state index contributed by atoms with van der Waals surface area (Å²) in [6, 6.07) is 3.61. The summed E-state index contributed by atoms with van der Waals surface area (Å²) in [6.07, 6.45) is -3.45. The molecule has 2 unspecified atom stereocenters. The van der Waals surface area contributed by atoms with Gasteiger partial charge in [0.2, 0.25) is 0 Å². The van der Waals surface area contributed by atoms with Crippen molar-refractivity contribution < 1.29 is 22.3 Å². The van der Waals surface area contributed by atoms with Crippen LogP contribution in [0.15, 0.2) is 16.5 Å². The molecule has 0 radical (unpaired) electrons. The molecule has 21 heavy (non-hydrogen) atoms. The van der Waals surface area contributed by atoms with Gasteiger partial charge in [0.1, 0.15) is 11.5 Å². The zero-order valence-corrected chi connectivity index (χ0v) is 12.2. The van der Waals surface area contributed by atoms with Crippen molar-refractivity contribution >= 4 is 0 Å². The van der Waals surface area contributed by atoms with Gasteiger partial charge in [-0.1, -0.05) is 0 Å². The summed E-state index contributed by atoms with van der Waals surface area (Å²) in [5.74, 6) is 1.56. The standard InChI is InChI=1S/C14H21F3N2O2/c1-10-3-4-13(21-10)12(8-20-2)18-11-5-6-19(7-11)9-14(15,16)17/h3-4,11-12,18H,5-9H2,1-2H3. The first kappa shape index (κ1) is 16.3. The van der Waals surface area contributed by atoms with Crippen LogP contribution < -0.4 is 5.32 Å². The van der Waals surface area contributed by atoms with Crippen LogP contribution in [0, 0.1) is 6.92 Å². The third kappa shape index (κ3) is 5.01. The normalized spacial score (nSPS) is 21.9. The zero-order valence-electron chi connectivity index (χ0n) is 12.2. The SMILES string of the molecule is COCC(NC1CCN(CC(F)(F)F)C1)c1ccc(C)o1. The summed E-state index contributed by atoms with van der Waals surface area (Å²) >= 11 is 0. The van der Waals surface area contributed by atoms with Crippen LogP contribution in [-0.2, 0) is 4.74 Å². The van der Waals surface area contributed by atoms with Crippen molar-refractivity contribution in [2.75, 3.05) is 33.4 Å². The Balaban J connectivity index is 1.90. The fourth-order valence-electron chi connectivity index (χ4n) is 2.67. The number of likely N-dealkylation sites (tertiary alicyclic amines) is 1. The largest absolute Gasteiger partial charge is 0.465 e. The number of aryl methyl sites for hydroxylation is 1. The average Bonchev–Trinajstić information content (AvgIpc) is 2.96. The van der Waals surface area contributed by atoms with Gasteiger partial charge in [-0.05, 0) is 25.5 Å². The predicted molar refractivity (Wildman–Crippen MR) is 72.1 cm³/mol. The zero-order chi connectivity index (χ0) is 15.5.